The zero-order chi connectivity index (χ0) is 11.8. The molecule has 0 spiro atoms. The van der Waals surface area contributed by atoms with Crippen LogP contribution in [0.2, 0.25) is 0 Å². The molecule has 0 amide bonds. The zero-order valence-electron chi connectivity index (χ0n) is 10.8. The Bertz CT molecular complexity index is 189. The number of ether oxygens (including phenoxy) is 1. The number of esters is 1. The number of rotatable bonds is 3. The lowest BCUT2D eigenvalue weighted by atomic mass is 9.98. The van der Waals surface area contributed by atoms with E-state index in [1.54, 1.807) is 0 Å². The minimum atomic E-state index is -0.0418. The molecule has 0 aliphatic heterocycles. The second-order valence-electron chi connectivity index (χ2n) is 5.35. The molecule has 0 atom stereocenters. The standard InChI is InChI=1S/C14H26O2/c1-12(2)14(15)16-11-13-9-7-5-3-4-6-8-10-13/h12-13H,3-11H2,1-2H3. The highest BCUT2D eigenvalue weighted by molar-refractivity contribution is 5.71. The molecule has 1 rings (SSSR count). The molecule has 94 valence electrons. The molecule has 0 aromatic rings. The molecule has 1 aliphatic carbocycles. The highest BCUT2D eigenvalue weighted by Crippen LogP contribution is 2.22. The van der Waals surface area contributed by atoms with Gasteiger partial charge in [0.05, 0.1) is 12.5 Å². The second kappa shape index (κ2) is 7.70. The van der Waals surface area contributed by atoms with Gasteiger partial charge in [0.25, 0.3) is 0 Å². The first-order valence-corrected chi connectivity index (χ1v) is 6.87. The normalized spacial score (nSPS) is 19.9. The van der Waals surface area contributed by atoms with Gasteiger partial charge in [-0.1, -0.05) is 52.4 Å². The quantitative estimate of drug-likeness (QED) is 0.681. The van der Waals surface area contributed by atoms with Crippen LogP contribution in [0.4, 0.5) is 0 Å². The Labute approximate surface area is 99.8 Å². The summed E-state index contributed by atoms with van der Waals surface area (Å²) in [7, 11) is 0. The van der Waals surface area contributed by atoms with E-state index in [-0.39, 0.29) is 11.9 Å². The van der Waals surface area contributed by atoms with Crippen LogP contribution in [0.1, 0.15) is 65.2 Å². The Hall–Kier alpha value is -0.530. The molecule has 2 heteroatoms. The first-order valence-electron chi connectivity index (χ1n) is 6.87. The predicted octanol–water partition coefficient (Wildman–Crippen LogP) is 3.94. The van der Waals surface area contributed by atoms with Crippen molar-refractivity contribution in [3.8, 4) is 0 Å². The molecule has 1 aliphatic rings. The summed E-state index contributed by atoms with van der Waals surface area (Å²) in [5, 5.41) is 0. The molecule has 0 heterocycles. The summed E-state index contributed by atoms with van der Waals surface area (Å²) in [5.74, 6) is 0.581. The van der Waals surface area contributed by atoms with Gasteiger partial charge in [0.15, 0.2) is 0 Å². The van der Waals surface area contributed by atoms with Gasteiger partial charge in [-0.3, -0.25) is 4.79 Å². The van der Waals surface area contributed by atoms with Gasteiger partial charge >= 0.3 is 5.97 Å². The molecule has 0 bridgehead atoms. The Balaban J connectivity index is 2.24. The number of hydrogen-bond acceptors (Lipinski definition) is 2. The molecule has 2 nitrogen and oxygen atoms in total. The van der Waals surface area contributed by atoms with E-state index in [9.17, 15) is 4.79 Å². The maximum absolute atomic E-state index is 11.4. The number of hydrogen-bond donors (Lipinski definition) is 0. The van der Waals surface area contributed by atoms with E-state index >= 15 is 0 Å². The number of carbonyl (C=O) groups excluding carboxylic acids is 1. The van der Waals surface area contributed by atoms with Crippen LogP contribution < -0.4 is 0 Å². The summed E-state index contributed by atoms with van der Waals surface area (Å²) in [6.45, 7) is 4.44. The number of carbonyl (C=O) groups is 1. The van der Waals surface area contributed by atoms with Crippen molar-refractivity contribution >= 4 is 5.97 Å². The van der Waals surface area contributed by atoms with Crippen LogP contribution in [-0.4, -0.2) is 12.6 Å². The molecular weight excluding hydrogens is 200 g/mol. The van der Waals surface area contributed by atoms with Crippen LogP contribution in [0, 0.1) is 11.8 Å². The van der Waals surface area contributed by atoms with E-state index < -0.39 is 0 Å². The van der Waals surface area contributed by atoms with E-state index in [1.165, 1.54) is 51.4 Å². The van der Waals surface area contributed by atoms with Gasteiger partial charge in [0.1, 0.15) is 0 Å². The van der Waals surface area contributed by atoms with Crippen LogP contribution in [0.3, 0.4) is 0 Å². The highest BCUT2D eigenvalue weighted by Gasteiger charge is 2.14. The van der Waals surface area contributed by atoms with E-state index in [2.05, 4.69) is 0 Å². The highest BCUT2D eigenvalue weighted by atomic mass is 16.5. The molecule has 0 aromatic carbocycles. The summed E-state index contributed by atoms with van der Waals surface area (Å²) in [6, 6.07) is 0. The Morgan fingerprint density at radius 2 is 1.56 bits per heavy atom. The first kappa shape index (κ1) is 13.5. The fourth-order valence-corrected chi connectivity index (χ4v) is 2.25. The Morgan fingerprint density at radius 3 is 2.06 bits per heavy atom. The molecule has 0 unspecified atom stereocenters. The molecule has 1 fully saturated rings. The van der Waals surface area contributed by atoms with Gasteiger partial charge in [0, 0.05) is 0 Å². The third-order valence-corrected chi connectivity index (χ3v) is 3.41. The van der Waals surface area contributed by atoms with E-state index in [0.29, 0.717) is 12.5 Å². The maximum Gasteiger partial charge on any atom is 0.308 e. The van der Waals surface area contributed by atoms with E-state index in [4.69, 9.17) is 4.74 Å². The van der Waals surface area contributed by atoms with Crippen molar-refractivity contribution < 1.29 is 9.53 Å². The summed E-state index contributed by atoms with van der Waals surface area (Å²) in [6.07, 6.45) is 10.6. The van der Waals surface area contributed by atoms with Crippen molar-refractivity contribution in [3.63, 3.8) is 0 Å². The van der Waals surface area contributed by atoms with Gasteiger partial charge < -0.3 is 4.74 Å². The van der Waals surface area contributed by atoms with Gasteiger partial charge in [-0.25, -0.2) is 0 Å². The maximum atomic E-state index is 11.4. The lowest BCUT2D eigenvalue weighted by Crippen LogP contribution is -2.17. The van der Waals surface area contributed by atoms with Crippen molar-refractivity contribution in [1.82, 2.24) is 0 Å². The summed E-state index contributed by atoms with van der Waals surface area (Å²) >= 11 is 0. The fraction of sp³-hybridized carbons (Fsp3) is 0.929. The topological polar surface area (TPSA) is 26.3 Å². The van der Waals surface area contributed by atoms with Gasteiger partial charge in [-0.2, -0.15) is 0 Å². The minimum absolute atomic E-state index is 0.0105. The van der Waals surface area contributed by atoms with E-state index in [1.807, 2.05) is 13.8 Å². The molecular formula is C14H26O2. The van der Waals surface area contributed by atoms with Crippen LogP contribution in [0.15, 0.2) is 0 Å². The lowest BCUT2D eigenvalue weighted by molar-refractivity contribution is -0.148. The van der Waals surface area contributed by atoms with E-state index in [0.717, 1.165) is 0 Å². The Kier molecular flexibility index (Phi) is 6.51. The third-order valence-electron chi connectivity index (χ3n) is 3.41. The lowest BCUT2D eigenvalue weighted by Gasteiger charge is -2.16. The van der Waals surface area contributed by atoms with Crippen molar-refractivity contribution in [2.24, 2.45) is 11.8 Å². The van der Waals surface area contributed by atoms with Crippen molar-refractivity contribution in [3.05, 3.63) is 0 Å². The van der Waals surface area contributed by atoms with Gasteiger partial charge in [-0.05, 0) is 18.8 Å². The summed E-state index contributed by atoms with van der Waals surface area (Å²) in [5.41, 5.74) is 0. The zero-order valence-corrected chi connectivity index (χ0v) is 10.8. The van der Waals surface area contributed by atoms with Gasteiger partial charge in [-0.15, -0.1) is 0 Å². The molecule has 1 saturated carbocycles. The van der Waals surface area contributed by atoms with Crippen LogP contribution in [0.25, 0.3) is 0 Å². The van der Waals surface area contributed by atoms with Crippen molar-refractivity contribution in [2.75, 3.05) is 6.61 Å². The monoisotopic (exact) mass is 226 g/mol. The molecule has 0 aromatic heterocycles. The largest absolute Gasteiger partial charge is 0.465 e. The average Bonchev–Trinajstić information content (AvgIpc) is 2.39. The van der Waals surface area contributed by atoms with Crippen molar-refractivity contribution in [1.29, 1.82) is 0 Å². The summed E-state index contributed by atoms with van der Waals surface area (Å²) in [4.78, 5) is 11.4. The van der Waals surface area contributed by atoms with Gasteiger partial charge in [0.2, 0.25) is 0 Å². The minimum Gasteiger partial charge on any atom is -0.465 e. The predicted molar refractivity (Wildman–Crippen MR) is 66.2 cm³/mol. The van der Waals surface area contributed by atoms with Crippen LogP contribution in [0.5, 0.6) is 0 Å². The second-order valence-corrected chi connectivity index (χ2v) is 5.35. The van der Waals surface area contributed by atoms with Crippen LogP contribution in [-0.2, 0) is 9.53 Å². The summed E-state index contributed by atoms with van der Waals surface area (Å²) < 4.78 is 5.34. The molecule has 16 heavy (non-hydrogen) atoms. The molecule has 0 saturated heterocycles. The average molecular weight is 226 g/mol. The molecule has 0 radical (unpaired) electrons. The third kappa shape index (κ3) is 5.53. The molecule has 0 N–H and O–H groups in total. The SMILES string of the molecule is CC(C)C(=O)OCC1CCCCCCCC1. The van der Waals surface area contributed by atoms with Crippen molar-refractivity contribution in [2.45, 2.75) is 65.2 Å². The fourth-order valence-electron chi connectivity index (χ4n) is 2.25. The first-order chi connectivity index (χ1) is 7.70. The Morgan fingerprint density at radius 1 is 1.06 bits per heavy atom. The smallest absolute Gasteiger partial charge is 0.308 e. The van der Waals surface area contributed by atoms with Crippen LogP contribution >= 0.6 is 0 Å².